The Kier molecular flexibility index (Phi) is 4.20. The highest BCUT2D eigenvalue weighted by molar-refractivity contribution is 5.54. The maximum Gasteiger partial charge on any atom is 0.255 e. The van der Waals surface area contributed by atoms with Gasteiger partial charge in [-0.1, -0.05) is 30.3 Å². The third-order valence-electron chi connectivity index (χ3n) is 5.27. The third kappa shape index (κ3) is 2.97. The fourth-order valence-electron chi connectivity index (χ4n) is 3.48. The normalized spacial score (nSPS) is 14.4. The van der Waals surface area contributed by atoms with E-state index in [1.54, 1.807) is 0 Å². The summed E-state index contributed by atoms with van der Waals surface area (Å²) in [6.45, 7) is 6.34. The van der Waals surface area contributed by atoms with Gasteiger partial charge in [0.1, 0.15) is 11.6 Å². The van der Waals surface area contributed by atoms with E-state index in [1.807, 2.05) is 44.3 Å². The monoisotopic (exact) mass is 349 g/mol. The molecule has 0 aliphatic carbocycles. The molecule has 1 N–H and O–H groups in total. The summed E-state index contributed by atoms with van der Waals surface area (Å²) in [6, 6.07) is 9.79. The van der Waals surface area contributed by atoms with Crippen molar-refractivity contribution in [3.8, 4) is 11.4 Å². The molecule has 3 heterocycles. The summed E-state index contributed by atoms with van der Waals surface area (Å²) in [5.74, 6) is 1.69. The van der Waals surface area contributed by atoms with Crippen molar-refractivity contribution in [2.24, 2.45) is 7.05 Å². The SMILES string of the molecule is Cc1nc(CN2CCc3nc(-c4ccccc4)[nH]c(=O)c3C2)n(C)c1C. The van der Waals surface area contributed by atoms with Crippen LogP contribution in [0.2, 0.25) is 0 Å². The van der Waals surface area contributed by atoms with Gasteiger partial charge < -0.3 is 9.55 Å². The Hall–Kier alpha value is -2.73. The van der Waals surface area contributed by atoms with Gasteiger partial charge in [-0.25, -0.2) is 9.97 Å². The zero-order valence-corrected chi connectivity index (χ0v) is 15.4. The molecule has 3 aromatic rings. The number of hydrogen-bond donors (Lipinski definition) is 1. The van der Waals surface area contributed by atoms with E-state index < -0.39 is 0 Å². The molecule has 0 amide bonds. The summed E-state index contributed by atoms with van der Waals surface area (Å²) in [7, 11) is 2.04. The smallest absolute Gasteiger partial charge is 0.255 e. The van der Waals surface area contributed by atoms with Gasteiger partial charge in [-0.15, -0.1) is 0 Å². The Labute approximate surface area is 152 Å². The molecule has 2 aromatic heterocycles. The molecule has 0 bridgehead atoms. The van der Waals surface area contributed by atoms with E-state index in [0.717, 1.165) is 47.8 Å². The number of nitrogens with zero attached hydrogens (tertiary/aromatic N) is 4. The van der Waals surface area contributed by atoms with Crippen molar-refractivity contribution in [2.75, 3.05) is 6.54 Å². The molecule has 1 aliphatic heterocycles. The second kappa shape index (κ2) is 6.53. The van der Waals surface area contributed by atoms with Crippen molar-refractivity contribution >= 4 is 0 Å². The van der Waals surface area contributed by atoms with Gasteiger partial charge in [0.2, 0.25) is 0 Å². The molecule has 0 atom stereocenters. The van der Waals surface area contributed by atoms with E-state index in [1.165, 1.54) is 5.69 Å². The molecular weight excluding hydrogens is 326 g/mol. The van der Waals surface area contributed by atoms with E-state index in [9.17, 15) is 4.79 Å². The summed E-state index contributed by atoms with van der Waals surface area (Å²) >= 11 is 0. The van der Waals surface area contributed by atoms with Gasteiger partial charge >= 0.3 is 0 Å². The van der Waals surface area contributed by atoms with E-state index in [4.69, 9.17) is 4.98 Å². The summed E-state index contributed by atoms with van der Waals surface area (Å²) in [4.78, 5) is 27.2. The Balaban J connectivity index is 1.59. The quantitative estimate of drug-likeness (QED) is 0.788. The molecule has 0 unspecified atom stereocenters. The fourth-order valence-corrected chi connectivity index (χ4v) is 3.48. The van der Waals surface area contributed by atoms with E-state index in [-0.39, 0.29) is 5.56 Å². The first kappa shape index (κ1) is 16.7. The summed E-state index contributed by atoms with van der Waals surface area (Å²) in [5.41, 5.74) is 4.84. The predicted molar refractivity (Wildman–Crippen MR) is 101 cm³/mol. The molecule has 0 saturated heterocycles. The molecule has 0 spiro atoms. The van der Waals surface area contributed by atoms with Crippen LogP contribution in [0.25, 0.3) is 11.4 Å². The standard InChI is InChI=1S/C20H23N5O/c1-13-14(2)24(3)18(21-13)12-25-10-9-17-16(11-25)20(26)23-19(22-17)15-7-5-4-6-8-15/h4-8H,9-12H2,1-3H3,(H,22,23,26). The Morgan fingerprint density at radius 1 is 1.15 bits per heavy atom. The number of hydrogen-bond acceptors (Lipinski definition) is 4. The van der Waals surface area contributed by atoms with Gasteiger partial charge in [0.25, 0.3) is 5.56 Å². The number of imidazole rings is 1. The van der Waals surface area contributed by atoms with Gasteiger partial charge in [-0.2, -0.15) is 0 Å². The first-order chi connectivity index (χ1) is 12.5. The zero-order valence-electron chi connectivity index (χ0n) is 15.4. The van der Waals surface area contributed by atoms with Gasteiger partial charge in [-0.3, -0.25) is 9.69 Å². The molecule has 0 fully saturated rings. The molecule has 1 aromatic carbocycles. The molecule has 134 valence electrons. The van der Waals surface area contributed by atoms with E-state index in [0.29, 0.717) is 12.4 Å². The van der Waals surface area contributed by atoms with Crippen LogP contribution in [0.5, 0.6) is 0 Å². The van der Waals surface area contributed by atoms with Crippen LogP contribution in [0.4, 0.5) is 0 Å². The number of fused-ring (bicyclic) bond motifs is 1. The molecule has 6 heteroatoms. The van der Waals surface area contributed by atoms with Crippen molar-refractivity contribution in [2.45, 2.75) is 33.4 Å². The zero-order chi connectivity index (χ0) is 18.3. The maximum atomic E-state index is 12.6. The number of benzene rings is 1. The average molecular weight is 349 g/mol. The van der Waals surface area contributed by atoms with Gasteiger partial charge in [-0.05, 0) is 13.8 Å². The maximum absolute atomic E-state index is 12.6. The Bertz CT molecular complexity index is 1000. The minimum Gasteiger partial charge on any atom is -0.334 e. The first-order valence-electron chi connectivity index (χ1n) is 8.91. The lowest BCUT2D eigenvalue weighted by atomic mass is 10.1. The number of aromatic amines is 1. The lowest BCUT2D eigenvalue weighted by Crippen LogP contribution is -2.36. The molecule has 0 saturated carbocycles. The largest absolute Gasteiger partial charge is 0.334 e. The predicted octanol–water partition coefficient (Wildman–Crippen LogP) is 2.35. The van der Waals surface area contributed by atoms with Gasteiger partial charge in [0, 0.05) is 37.8 Å². The molecule has 4 rings (SSSR count). The van der Waals surface area contributed by atoms with Crippen LogP contribution in [0.15, 0.2) is 35.1 Å². The second-order valence-corrected chi connectivity index (χ2v) is 6.92. The highest BCUT2D eigenvalue weighted by atomic mass is 16.1. The van der Waals surface area contributed by atoms with Crippen LogP contribution >= 0.6 is 0 Å². The molecule has 1 aliphatic rings. The summed E-state index contributed by atoms with van der Waals surface area (Å²) < 4.78 is 2.13. The topological polar surface area (TPSA) is 66.8 Å². The number of rotatable bonds is 3. The van der Waals surface area contributed by atoms with Crippen LogP contribution in [-0.2, 0) is 26.6 Å². The molecular formula is C20H23N5O. The van der Waals surface area contributed by atoms with E-state index >= 15 is 0 Å². The number of H-pyrrole nitrogens is 1. The van der Waals surface area contributed by atoms with Crippen molar-refractivity contribution < 1.29 is 0 Å². The van der Waals surface area contributed by atoms with Crippen LogP contribution < -0.4 is 5.56 Å². The molecule has 0 radical (unpaired) electrons. The van der Waals surface area contributed by atoms with Crippen molar-refractivity contribution in [3.05, 3.63) is 69.2 Å². The minimum absolute atomic E-state index is 0.0363. The van der Waals surface area contributed by atoms with Crippen molar-refractivity contribution in [1.82, 2.24) is 24.4 Å². The molecule has 26 heavy (non-hydrogen) atoms. The van der Waals surface area contributed by atoms with Crippen LogP contribution in [0.3, 0.4) is 0 Å². The minimum atomic E-state index is -0.0363. The highest BCUT2D eigenvalue weighted by Gasteiger charge is 2.23. The first-order valence-corrected chi connectivity index (χ1v) is 8.91. The highest BCUT2D eigenvalue weighted by Crippen LogP contribution is 2.20. The summed E-state index contributed by atoms with van der Waals surface area (Å²) in [5, 5.41) is 0. The third-order valence-corrected chi connectivity index (χ3v) is 5.27. The number of nitrogens with one attached hydrogen (secondary N) is 1. The van der Waals surface area contributed by atoms with Crippen molar-refractivity contribution in [1.29, 1.82) is 0 Å². The number of aromatic nitrogens is 4. The second-order valence-electron chi connectivity index (χ2n) is 6.92. The average Bonchev–Trinajstić information content (AvgIpc) is 2.89. The van der Waals surface area contributed by atoms with Crippen LogP contribution in [-0.4, -0.2) is 31.0 Å². The fraction of sp³-hybridized carbons (Fsp3) is 0.350. The summed E-state index contributed by atoms with van der Waals surface area (Å²) in [6.07, 6.45) is 0.779. The Morgan fingerprint density at radius 2 is 1.92 bits per heavy atom. The van der Waals surface area contributed by atoms with Gasteiger partial charge in [0.05, 0.1) is 23.5 Å². The Morgan fingerprint density at radius 3 is 2.62 bits per heavy atom. The molecule has 6 nitrogen and oxygen atoms in total. The lowest BCUT2D eigenvalue weighted by Gasteiger charge is -2.27. The number of aryl methyl sites for hydroxylation is 1. The van der Waals surface area contributed by atoms with Crippen LogP contribution in [0.1, 0.15) is 28.5 Å². The van der Waals surface area contributed by atoms with Crippen molar-refractivity contribution in [3.63, 3.8) is 0 Å². The lowest BCUT2D eigenvalue weighted by molar-refractivity contribution is 0.233. The van der Waals surface area contributed by atoms with Gasteiger partial charge in [0.15, 0.2) is 0 Å². The van der Waals surface area contributed by atoms with E-state index in [2.05, 4.69) is 26.4 Å². The van der Waals surface area contributed by atoms with Crippen LogP contribution in [0, 0.1) is 13.8 Å².